The van der Waals surface area contributed by atoms with Gasteiger partial charge in [-0.1, -0.05) is 24.3 Å². The van der Waals surface area contributed by atoms with Gasteiger partial charge in [0.2, 0.25) is 0 Å². The Bertz CT molecular complexity index is 383. The van der Waals surface area contributed by atoms with Gasteiger partial charge in [0.15, 0.2) is 5.78 Å². The number of likely N-dealkylation sites (N-methyl/N-ethyl adjacent to an activating group) is 1. The molecule has 0 aromatic heterocycles. The van der Waals surface area contributed by atoms with Crippen molar-refractivity contribution >= 4 is 17.5 Å². The van der Waals surface area contributed by atoms with Crippen molar-refractivity contribution in [3.05, 3.63) is 35.4 Å². The zero-order chi connectivity index (χ0) is 11.3. The highest BCUT2D eigenvalue weighted by atomic mass is 16.1. The van der Waals surface area contributed by atoms with Crippen LogP contribution in [0.2, 0.25) is 0 Å². The number of anilines is 1. The largest absolute Gasteiger partial charge is 0.398 e. The molecule has 1 aromatic carbocycles. The van der Waals surface area contributed by atoms with Gasteiger partial charge in [0.1, 0.15) is 0 Å². The molecule has 3 nitrogen and oxygen atoms in total. The number of Topliss-reactive ketones (excluding diaryl/α,β-unsaturated/α-hetero) is 1. The average molecular weight is 204 g/mol. The summed E-state index contributed by atoms with van der Waals surface area (Å²) in [4.78, 5) is 11.1. The minimum Gasteiger partial charge on any atom is -0.398 e. The molecule has 1 aromatic rings. The van der Waals surface area contributed by atoms with Crippen LogP contribution in [0, 0.1) is 0 Å². The first-order valence-corrected chi connectivity index (χ1v) is 4.86. The van der Waals surface area contributed by atoms with Crippen molar-refractivity contribution in [2.75, 3.05) is 19.3 Å². The highest BCUT2D eigenvalue weighted by Crippen LogP contribution is 2.16. The Morgan fingerprint density at radius 3 is 2.80 bits per heavy atom. The van der Waals surface area contributed by atoms with E-state index >= 15 is 0 Å². The molecule has 0 spiro atoms. The van der Waals surface area contributed by atoms with E-state index in [2.05, 4.69) is 5.32 Å². The van der Waals surface area contributed by atoms with Gasteiger partial charge in [-0.2, -0.15) is 0 Å². The van der Waals surface area contributed by atoms with E-state index in [-0.39, 0.29) is 5.78 Å². The first-order chi connectivity index (χ1) is 7.15. The van der Waals surface area contributed by atoms with E-state index in [1.54, 1.807) is 12.1 Å². The SMILES string of the molecule is CNCC=Cc1ccc(C(C)=O)cc1N. The number of carbonyl (C=O) groups excluding carboxylic acids is 1. The molecule has 80 valence electrons. The van der Waals surface area contributed by atoms with Gasteiger partial charge in [-0.05, 0) is 25.6 Å². The molecule has 0 unspecified atom stereocenters. The lowest BCUT2D eigenvalue weighted by Crippen LogP contribution is -2.03. The summed E-state index contributed by atoms with van der Waals surface area (Å²) in [7, 11) is 1.88. The summed E-state index contributed by atoms with van der Waals surface area (Å²) < 4.78 is 0. The molecule has 0 saturated heterocycles. The van der Waals surface area contributed by atoms with Crippen LogP contribution in [0.5, 0.6) is 0 Å². The number of nitrogens with one attached hydrogen (secondary N) is 1. The lowest BCUT2D eigenvalue weighted by atomic mass is 10.1. The second-order valence-electron chi connectivity index (χ2n) is 3.36. The molecule has 0 bridgehead atoms. The van der Waals surface area contributed by atoms with E-state index in [4.69, 9.17) is 5.73 Å². The van der Waals surface area contributed by atoms with Gasteiger partial charge in [0.05, 0.1) is 0 Å². The first-order valence-electron chi connectivity index (χ1n) is 4.86. The van der Waals surface area contributed by atoms with Crippen LogP contribution in [0.1, 0.15) is 22.8 Å². The molecule has 0 amide bonds. The molecule has 3 heteroatoms. The van der Waals surface area contributed by atoms with Gasteiger partial charge in [-0.25, -0.2) is 0 Å². The Balaban J connectivity index is 2.88. The van der Waals surface area contributed by atoms with Crippen molar-refractivity contribution in [2.24, 2.45) is 0 Å². The third kappa shape index (κ3) is 3.22. The zero-order valence-electron chi connectivity index (χ0n) is 9.08. The smallest absolute Gasteiger partial charge is 0.159 e. The van der Waals surface area contributed by atoms with Crippen molar-refractivity contribution in [1.29, 1.82) is 0 Å². The number of carbonyl (C=O) groups is 1. The first kappa shape index (κ1) is 11.5. The van der Waals surface area contributed by atoms with Crippen molar-refractivity contribution in [3.63, 3.8) is 0 Å². The van der Waals surface area contributed by atoms with Crippen LogP contribution in [-0.4, -0.2) is 19.4 Å². The predicted octanol–water partition coefficient (Wildman–Crippen LogP) is 1.70. The van der Waals surface area contributed by atoms with Gasteiger partial charge >= 0.3 is 0 Å². The molecule has 0 atom stereocenters. The van der Waals surface area contributed by atoms with Crippen LogP contribution in [0.3, 0.4) is 0 Å². The van der Waals surface area contributed by atoms with Gasteiger partial charge in [-0.15, -0.1) is 0 Å². The fourth-order valence-corrected chi connectivity index (χ4v) is 1.25. The molecular formula is C12H16N2O. The average Bonchev–Trinajstić information content (AvgIpc) is 2.20. The number of benzene rings is 1. The molecule has 0 aliphatic heterocycles. The van der Waals surface area contributed by atoms with Crippen LogP contribution in [0.25, 0.3) is 6.08 Å². The third-order valence-electron chi connectivity index (χ3n) is 2.11. The maximum absolute atomic E-state index is 11.1. The Morgan fingerprint density at radius 2 is 2.27 bits per heavy atom. The molecule has 0 aliphatic carbocycles. The molecule has 1 rings (SSSR count). The number of hydrogen-bond acceptors (Lipinski definition) is 3. The summed E-state index contributed by atoms with van der Waals surface area (Å²) in [5.41, 5.74) is 8.04. The van der Waals surface area contributed by atoms with Crippen LogP contribution < -0.4 is 11.1 Å². The summed E-state index contributed by atoms with van der Waals surface area (Å²) in [5, 5.41) is 3.01. The Morgan fingerprint density at radius 1 is 1.53 bits per heavy atom. The highest BCUT2D eigenvalue weighted by Gasteiger charge is 2.01. The van der Waals surface area contributed by atoms with E-state index in [0.29, 0.717) is 11.3 Å². The summed E-state index contributed by atoms with van der Waals surface area (Å²) >= 11 is 0. The Hall–Kier alpha value is -1.61. The molecular weight excluding hydrogens is 188 g/mol. The van der Waals surface area contributed by atoms with Gasteiger partial charge in [0.25, 0.3) is 0 Å². The highest BCUT2D eigenvalue weighted by molar-refractivity contribution is 5.95. The minimum absolute atomic E-state index is 0.0347. The Kier molecular flexibility index (Phi) is 4.06. The van der Waals surface area contributed by atoms with E-state index in [1.165, 1.54) is 6.92 Å². The van der Waals surface area contributed by atoms with Crippen LogP contribution in [0.15, 0.2) is 24.3 Å². The van der Waals surface area contributed by atoms with Crippen molar-refractivity contribution in [3.8, 4) is 0 Å². The fourth-order valence-electron chi connectivity index (χ4n) is 1.25. The van der Waals surface area contributed by atoms with Crippen molar-refractivity contribution < 1.29 is 4.79 Å². The molecule has 0 fully saturated rings. The monoisotopic (exact) mass is 204 g/mol. The fraction of sp³-hybridized carbons (Fsp3) is 0.250. The molecule has 0 aliphatic rings. The summed E-state index contributed by atoms with van der Waals surface area (Å²) in [6.07, 6.45) is 3.93. The zero-order valence-corrected chi connectivity index (χ0v) is 9.08. The molecule has 0 heterocycles. The third-order valence-corrected chi connectivity index (χ3v) is 2.11. The van der Waals surface area contributed by atoms with Gasteiger partial charge < -0.3 is 11.1 Å². The van der Waals surface area contributed by atoms with Crippen LogP contribution >= 0.6 is 0 Å². The summed E-state index contributed by atoms with van der Waals surface area (Å²) in [5.74, 6) is 0.0347. The second-order valence-corrected chi connectivity index (χ2v) is 3.36. The lowest BCUT2D eigenvalue weighted by molar-refractivity contribution is 0.101. The number of hydrogen-bond donors (Lipinski definition) is 2. The van der Waals surface area contributed by atoms with Gasteiger partial charge in [-0.3, -0.25) is 4.79 Å². The Labute approximate surface area is 90.0 Å². The van der Waals surface area contributed by atoms with Gasteiger partial charge in [0, 0.05) is 17.8 Å². The van der Waals surface area contributed by atoms with E-state index < -0.39 is 0 Å². The number of nitrogens with two attached hydrogens (primary N) is 1. The minimum atomic E-state index is 0.0347. The summed E-state index contributed by atoms with van der Waals surface area (Å²) in [6.45, 7) is 2.33. The number of ketones is 1. The lowest BCUT2D eigenvalue weighted by Gasteiger charge is -2.02. The molecule has 0 saturated carbocycles. The maximum Gasteiger partial charge on any atom is 0.159 e. The van der Waals surface area contributed by atoms with E-state index in [0.717, 1.165) is 12.1 Å². The maximum atomic E-state index is 11.1. The normalized spacial score (nSPS) is 10.8. The standard InChI is InChI=1S/C12H16N2O/c1-9(15)11-6-5-10(12(13)8-11)4-3-7-14-2/h3-6,8,14H,7,13H2,1-2H3. The summed E-state index contributed by atoms with van der Waals surface area (Å²) in [6, 6.07) is 5.36. The van der Waals surface area contributed by atoms with Crippen LogP contribution in [0.4, 0.5) is 5.69 Å². The number of nitrogen functional groups attached to an aromatic ring is 1. The molecule has 0 radical (unpaired) electrons. The van der Waals surface area contributed by atoms with Crippen LogP contribution in [-0.2, 0) is 0 Å². The predicted molar refractivity (Wildman–Crippen MR) is 63.8 cm³/mol. The molecule has 15 heavy (non-hydrogen) atoms. The topological polar surface area (TPSA) is 55.1 Å². The second kappa shape index (κ2) is 5.32. The van der Waals surface area contributed by atoms with Crippen molar-refractivity contribution in [2.45, 2.75) is 6.92 Å². The number of rotatable bonds is 4. The van der Waals surface area contributed by atoms with E-state index in [1.807, 2.05) is 25.3 Å². The molecule has 3 N–H and O–H groups in total. The van der Waals surface area contributed by atoms with E-state index in [9.17, 15) is 4.79 Å². The quantitative estimate of drug-likeness (QED) is 0.580. The van der Waals surface area contributed by atoms with Crippen molar-refractivity contribution in [1.82, 2.24) is 5.32 Å².